The van der Waals surface area contributed by atoms with Crippen molar-refractivity contribution in [3.63, 3.8) is 0 Å². The molecule has 6 heteroatoms. The highest BCUT2D eigenvalue weighted by Gasteiger charge is 2.53. The molecule has 0 saturated carbocycles. The van der Waals surface area contributed by atoms with Crippen LogP contribution in [0, 0.1) is 0 Å². The Balaban J connectivity index is 1.98. The van der Waals surface area contributed by atoms with Crippen molar-refractivity contribution >= 4 is 18.6 Å². The Hall–Kier alpha value is -1.27. The lowest BCUT2D eigenvalue weighted by Gasteiger charge is -2.32. The molecule has 0 radical (unpaired) electrons. The van der Waals surface area contributed by atoms with E-state index in [1.165, 1.54) is 0 Å². The summed E-state index contributed by atoms with van der Waals surface area (Å²) in [5.74, 6) is -0.0200. The predicted molar refractivity (Wildman–Crippen MR) is 72.3 cm³/mol. The smallest absolute Gasteiger partial charge is 0.398 e. The van der Waals surface area contributed by atoms with Crippen LogP contribution in [-0.2, 0) is 22.9 Å². The van der Waals surface area contributed by atoms with Crippen molar-refractivity contribution in [1.82, 2.24) is 9.88 Å². The molecule has 1 amide bonds. The van der Waals surface area contributed by atoms with Crippen molar-refractivity contribution in [3.8, 4) is 0 Å². The Labute approximate surface area is 113 Å². The van der Waals surface area contributed by atoms with Gasteiger partial charge >= 0.3 is 7.12 Å². The summed E-state index contributed by atoms with van der Waals surface area (Å²) < 4.78 is 14.1. The lowest BCUT2D eigenvalue weighted by Crippen LogP contribution is -2.41. The third kappa shape index (κ3) is 1.66. The molecule has 0 bridgehead atoms. The topological polar surface area (TPSA) is 52.5 Å². The summed E-state index contributed by atoms with van der Waals surface area (Å²) >= 11 is 0. The van der Waals surface area contributed by atoms with E-state index >= 15 is 0 Å². The van der Waals surface area contributed by atoms with E-state index < -0.39 is 7.12 Å². The molecule has 19 heavy (non-hydrogen) atoms. The van der Waals surface area contributed by atoms with Crippen LogP contribution in [0.3, 0.4) is 0 Å². The minimum absolute atomic E-state index is 0.0200. The average Bonchev–Trinajstić information content (AvgIpc) is 2.85. The highest BCUT2D eigenvalue weighted by Crippen LogP contribution is 2.36. The molecule has 2 aliphatic heterocycles. The number of nitrogens with one attached hydrogen (secondary N) is 1. The van der Waals surface area contributed by atoms with Crippen LogP contribution in [-0.4, -0.2) is 28.8 Å². The number of amides is 1. The average molecular weight is 262 g/mol. The van der Waals surface area contributed by atoms with Gasteiger partial charge in [0, 0.05) is 18.3 Å². The number of carbonyl (C=O) groups is 1. The Morgan fingerprint density at radius 3 is 2.37 bits per heavy atom. The largest absolute Gasteiger partial charge is 0.512 e. The Kier molecular flexibility index (Phi) is 2.44. The number of nitrogens with zero attached hydrogens (tertiary/aromatic N) is 1. The number of rotatable bonds is 1. The molecule has 0 spiro atoms. The van der Waals surface area contributed by atoms with E-state index in [1.807, 2.05) is 45.4 Å². The third-order valence-corrected chi connectivity index (χ3v) is 4.55. The quantitative estimate of drug-likeness (QED) is 0.753. The zero-order valence-corrected chi connectivity index (χ0v) is 12.0. The molecular weight excluding hydrogens is 243 g/mol. The van der Waals surface area contributed by atoms with Gasteiger partial charge < -0.3 is 19.2 Å². The number of hydrogen-bond acceptors (Lipinski definition) is 3. The summed E-state index contributed by atoms with van der Waals surface area (Å²) in [5.41, 5.74) is 1.89. The number of fused-ring (bicyclic) bond motifs is 1. The summed E-state index contributed by atoms with van der Waals surface area (Å²) in [7, 11) is 1.52. The summed E-state index contributed by atoms with van der Waals surface area (Å²) in [6.07, 6.45) is 0. The highest BCUT2D eigenvalue weighted by atomic mass is 16.7. The molecule has 0 aliphatic carbocycles. The van der Waals surface area contributed by atoms with E-state index in [4.69, 9.17) is 9.31 Å². The third-order valence-electron chi connectivity index (χ3n) is 4.55. The van der Waals surface area contributed by atoms with Gasteiger partial charge in [0.1, 0.15) is 0 Å². The summed E-state index contributed by atoms with van der Waals surface area (Å²) in [4.78, 5) is 11.7. The Morgan fingerprint density at radius 1 is 1.26 bits per heavy atom. The molecule has 1 saturated heterocycles. The van der Waals surface area contributed by atoms with Crippen LogP contribution in [0.2, 0.25) is 0 Å². The van der Waals surface area contributed by atoms with Crippen LogP contribution < -0.4 is 10.9 Å². The molecule has 1 aromatic rings. The zero-order chi connectivity index (χ0) is 14.0. The Morgan fingerprint density at radius 2 is 1.84 bits per heavy atom. The van der Waals surface area contributed by atoms with Crippen LogP contribution in [0.15, 0.2) is 6.07 Å². The first-order valence-corrected chi connectivity index (χ1v) is 6.55. The van der Waals surface area contributed by atoms with Gasteiger partial charge in [0.25, 0.3) is 5.91 Å². The Bertz CT molecular complexity index is 546. The van der Waals surface area contributed by atoms with Crippen LogP contribution in [0.1, 0.15) is 43.7 Å². The number of aromatic nitrogens is 1. The van der Waals surface area contributed by atoms with Crippen molar-refractivity contribution in [2.45, 2.75) is 45.4 Å². The molecule has 1 aromatic heterocycles. The van der Waals surface area contributed by atoms with E-state index in [0.717, 1.165) is 16.9 Å². The van der Waals surface area contributed by atoms with Gasteiger partial charge in [-0.05, 0) is 33.8 Å². The molecule has 3 heterocycles. The standard InChI is InChI=1S/C13H19BN2O3/c1-12(2)13(3,4)19-14(18-12)10-6-8-9(16(10)5)7-15-11(8)17/h6H,7H2,1-5H3,(H,15,17). The van der Waals surface area contributed by atoms with E-state index in [9.17, 15) is 4.79 Å². The SMILES string of the molecule is Cn1c(B2OC(C)(C)C(C)(C)O2)cc2c1CNC2=O. The first-order valence-electron chi connectivity index (χ1n) is 6.55. The second-order valence-corrected chi connectivity index (χ2v) is 6.26. The van der Waals surface area contributed by atoms with Gasteiger partial charge in [-0.3, -0.25) is 4.79 Å². The first kappa shape index (κ1) is 12.8. The molecule has 3 rings (SSSR count). The van der Waals surface area contributed by atoms with Gasteiger partial charge in [-0.2, -0.15) is 0 Å². The van der Waals surface area contributed by atoms with Crippen LogP contribution in [0.25, 0.3) is 0 Å². The van der Waals surface area contributed by atoms with E-state index in [1.54, 1.807) is 0 Å². The van der Waals surface area contributed by atoms with Crippen LogP contribution >= 0.6 is 0 Å². The predicted octanol–water partition coefficient (Wildman–Crippen LogP) is 0.568. The molecule has 2 aliphatic rings. The molecule has 1 N–H and O–H groups in total. The number of hydrogen-bond donors (Lipinski definition) is 1. The maximum absolute atomic E-state index is 11.7. The van der Waals surface area contributed by atoms with Crippen molar-refractivity contribution in [2.75, 3.05) is 0 Å². The second-order valence-electron chi connectivity index (χ2n) is 6.26. The van der Waals surface area contributed by atoms with E-state index in [-0.39, 0.29) is 17.1 Å². The van der Waals surface area contributed by atoms with Gasteiger partial charge in [0.05, 0.1) is 23.3 Å². The van der Waals surface area contributed by atoms with Gasteiger partial charge in [0.15, 0.2) is 0 Å². The molecule has 0 atom stereocenters. The highest BCUT2D eigenvalue weighted by molar-refractivity contribution is 6.61. The molecule has 0 aromatic carbocycles. The maximum atomic E-state index is 11.7. The van der Waals surface area contributed by atoms with Gasteiger partial charge in [-0.25, -0.2) is 0 Å². The molecule has 102 valence electrons. The van der Waals surface area contributed by atoms with E-state index in [0.29, 0.717) is 6.54 Å². The fourth-order valence-corrected chi connectivity index (χ4v) is 2.52. The minimum atomic E-state index is -0.423. The summed E-state index contributed by atoms with van der Waals surface area (Å²) in [6, 6.07) is 1.87. The number of carbonyl (C=O) groups excluding carboxylic acids is 1. The fourth-order valence-electron chi connectivity index (χ4n) is 2.52. The van der Waals surface area contributed by atoms with E-state index in [2.05, 4.69) is 5.32 Å². The minimum Gasteiger partial charge on any atom is -0.398 e. The zero-order valence-electron chi connectivity index (χ0n) is 12.0. The van der Waals surface area contributed by atoms with Gasteiger partial charge in [-0.1, -0.05) is 0 Å². The summed E-state index contributed by atoms with van der Waals surface area (Å²) in [6.45, 7) is 8.67. The normalized spacial score (nSPS) is 23.6. The van der Waals surface area contributed by atoms with Gasteiger partial charge in [-0.15, -0.1) is 0 Å². The maximum Gasteiger partial charge on any atom is 0.512 e. The monoisotopic (exact) mass is 262 g/mol. The molecular formula is C13H19BN2O3. The second kappa shape index (κ2) is 3.64. The van der Waals surface area contributed by atoms with Crippen molar-refractivity contribution in [1.29, 1.82) is 0 Å². The van der Waals surface area contributed by atoms with Crippen LogP contribution in [0.4, 0.5) is 0 Å². The molecule has 0 unspecified atom stereocenters. The van der Waals surface area contributed by atoms with Crippen molar-refractivity contribution < 1.29 is 14.1 Å². The molecule has 1 fully saturated rings. The van der Waals surface area contributed by atoms with Crippen molar-refractivity contribution in [2.24, 2.45) is 7.05 Å². The van der Waals surface area contributed by atoms with Crippen LogP contribution in [0.5, 0.6) is 0 Å². The molecule has 5 nitrogen and oxygen atoms in total. The lowest BCUT2D eigenvalue weighted by atomic mass is 9.84. The first-order chi connectivity index (χ1) is 8.73. The van der Waals surface area contributed by atoms with Crippen molar-refractivity contribution in [3.05, 3.63) is 17.3 Å². The lowest BCUT2D eigenvalue weighted by molar-refractivity contribution is 0.00578. The fraction of sp³-hybridized carbons (Fsp3) is 0.615. The van der Waals surface area contributed by atoms with Gasteiger partial charge in [0.2, 0.25) is 0 Å². The summed E-state index contributed by atoms with van der Waals surface area (Å²) in [5, 5.41) is 2.81.